The summed E-state index contributed by atoms with van der Waals surface area (Å²) in [6.07, 6.45) is 2.12. The van der Waals surface area contributed by atoms with Crippen LogP contribution >= 0.6 is 15.9 Å². The Bertz CT molecular complexity index is 656. The third-order valence-corrected chi connectivity index (χ3v) is 3.15. The maximum atomic E-state index is 12.1. The van der Waals surface area contributed by atoms with Crippen molar-refractivity contribution in [2.75, 3.05) is 5.32 Å². The number of halogens is 1. The van der Waals surface area contributed by atoms with Crippen molar-refractivity contribution in [1.29, 1.82) is 5.26 Å². The predicted molar refractivity (Wildman–Crippen MR) is 74.9 cm³/mol. The Kier molecular flexibility index (Phi) is 4.03. The highest BCUT2D eigenvalue weighted by Gasteiger charge is 2.15. The van der Waals surface area contributed by atoms with Gasteiger partial charge in [0.05, 0.1) is 23.1 Å². The minimum absolute atomic E-state index is 0.278. The molecule has 2 aromatic rings. The highest BCUT2D eigenvalue weighted by molar-refractivity contribution is 9.10. The number of nitrogens with zero attached hydrogens (tertiary/aromatic N) is 1. The van der Waals surface area contributed by atoms with Crippen LogP contribution in [0.4, 0.5) is 5.69 Å². The van der Waals surface area contributed by atoms with Crippen molar-refractivity contribution in [3.63, 3.8) is 0 Å². The lowest BCUT2D eigenvalue weighted by Gasteiger charge is -2.07. The molecule has 0 fully saturated rings. The molecular weight excluding hydrogens is 308 g/mol. The highest BCUT2D eigenvalue weighted by atomic mass is 79.9. The molecule has 2 rings (SSSR count). The van der Waals surface area contributed by atoms with Crippen LogP contribution in [0.1, 0.15) is 28.6 Å². The summed E-state index contributed by atoms with van der Waals surface area (Å²) in [4.78, 5) is 12.1. The SMILES string of the molecule is CCc1occc1C(=O)Nc1cc(Br)ccc1C#N. The number of amides is 1. The lowest BCUT2D eigenvalue weighted by Crippen LogP contribution is -2.13. The maximum absolute atomic E-state index is 12.1. The van der Waals surface area contributed by atoms with E-state index in [1.807, 2.05) is 13.0 Å². The van der Waals surface area contributed by atoms with Gasteiger partial charge in [-0.2, -0.15) is 5.26 Å². The van der Waals surface area contributed by atoms with Crippen LogP contribution in [0.3, 0.4) is 0 Å². The van der Waals surface area contributed by atoms with E-state index in [1.54, 1.807) is 24.3 Å². The number of carbonyl (C=O) groups excluding carboxylic acids is 1. The standard InChI is InChI=1S/C14H11BrN2O2/c1-2-13-11(5-6-19-13)14(18)17-12-7-10(15)4-3-9(12)8-16/h3-7H,2H2,1H3,(H,17,18). The van der Waals surface area contributed by atoms with E-state index in [0.29, 0.717) is 29.0 Å². The molecule has 5 heteroatoms. The summed E-state index contributed by atoms with van der Waals surface area (Å²) >= 11 is 3.31. The normalized spacial score (nSPS) is 9.95. The number of nitriles is 1. The van der Waals surface area contributed by atoms with Crippen molar-refractivity contribution < 1.29 is 9.21 Å². The van der Waals surface area contributed by atoms with Gasteiger partial charge in [0.1, 0.15) is 11.8 Å². The van der Waals surface area contributed by atoms with E-state index in [1.165, 1.54) is 6.26 Å². The number of furan rings is 1. The van der Waals surface area contributed by atoms with Crippen molar-refractivity contribution >= 4 is 27.5 Å². The number of hydrogen-bond acceptors (Lipinski definition) is 3. The van der Waals surface area contributed by atoms with Crippen LogP contribution in [0, 0.1) is 11.3 Å². The molecule has 1 heterocycles. The zero-order chi connectivity index (χ0) is 13.8. The van der Waals surface area contributed by atoms with Crippen molar-refractivity contribution in [2.45, 2.75) is 13.3 Å². The monoisotopic (exact) mass is 318 g/mol. The summed E-state index contributed by atoms with van der Waals surface area (Å²) in [6, 6.07) is 8.76. The average Bonchev–Trinajstić information content (AvgIpc) is 2.87. The van der Waals surface area contributed by atoms with Gasteiger partial charge in [0, 0.05) is 10.9 Å². The molecule has 1 aromatic heterocycles. The molecule has 0 aliphatic heterocycles. The number of anilines is 1. The van der Waals surface area contributed by atoms with E-state index >= 15 is 0 Å². The van der Waals surface area contributed by atoms with Gasteiger partial charge in [0.2, 0.25) is 0 Å². The summed E-state index contributed by atoms with van der Waals surface area (Å²) in [5.41, 5.74) is 1.38. The molecule has 0 bridgehead atoms. The van der Waals surface area contributed by atoms with Gasteiger partial charge in [-0.3, -0.25) is 4.79 Å². The van der Waals surface area contributed by atoms with Crippen LogP contribution in [0.2, 0.25) is 0 Å². The third-order valence-electron chi connectivity index (χ3n) is 2.66. The Hall–Kier alpha value is -2.06. The molecule has 1 N–H and O–H groups in total. The van der Waals surface area contributed by atoms with Gasteiger partial charge in [0.15, 0.2) is 0 Å². The van der Waals surface area contributed by atoms with Crippen LogP contribution in [-0.4, -0.2) is 5.91 Å². The Labute approximate surface area is 119 Å². The predicted octanol–water partition coefficient (Wildman–Crippen LogP) is 3.73. The van der Waals surface area contributed by atoms with E-state index in [4.69, 9.17) is 9.68 Å². The first-order chi connectivity index (χ1) is 9.15. The number of rotatable bonds is 3. The van der Waals surface area contributed by atoms with Gasteiger partial charge in [0.25, 0.3) is 5.91 Å². The number of nitrogens with one attached hydrogen (secondary N) is 1. The van der Waals surface area contributed by atoms with E-state index in [2.05, 4.69) is 21.2 Å². The zero-order valence-corrected chi connectivity index (χ0v) is 11.8. The molecule has 0 radical (unpaired) electrons. The first-order valence-corrected chi connectivity index (χ1v) is 6.52. The molecule has 0 saturated carbocycles. The van der Waals surface area contributed by atoms with Crippen molar-refractivity contribution in [2.24, 2.45) is 0 Å². The zero-order valence-electron chi connectivity index (χ0n) is 10.2. The lowest BCUT2D eigenvalue weighted by atomic mass is 10.1. The van der Waals surface area contributed by atoms with Crippen LogP contribution in [0.25, 0.3) is 0 Å². The maximum Gasteiger partial charge on any atom is 0.259 e. The van der Waals surface area contributed by atoms with E-state index < -0.39 is 0 Å². The average molecular weight is 319 g/mol. The summed E-state index contributed by atoms with van der Waals surface area (Å²) in [5.74, 6) is 0.353. The molecule has 96 valence electrons. The van der Waals surface area contributed by atoms with Crippen LogP contribution in [-0.2, 0) is 6.42 Å². The van der Waals surface area contributed by atoms with Gasteiger partial charge < -0.3 is 9.73 Å². The molecule has 0 aliphatic carbocycles. The molecule has 1 amide bonds. The third kappa shape index (κ3) is 2.85. The fraction of sp³-hybridized carbons (Fsp3) is 0.143. The van der Waals surface area contributed by atoms with Gasteiger partial charge in [-0.15, -0.1) is 0 Å². The van der Waals surface area contributed by atoms with E-state index in [9.17, 15) is 4.79 Å². The van der Waals surface area contributed by atoms with Crippen molar-refractivity contribution in [1.82, 2.24) is 0 Å². The van der Waals surface area contributed by atoms with E-state index in [0.717, 1.165) is 4.47 Å². The molecular formula is C14H11BrN2O2. The fourth-order valence-electron chi connectivity index (χ4n) is 1.72. The van der Waals surface area contributed by atoms with Crippen LogP contribution < -0.4 is 5.32 Å². The Morgan fingerprint density at radius 3 is 2.95 bits per heavy atom. The van der Waals surface area contributed by atoms with Gasteiger partial charge in [-0.25, -0.2) is 0 Å². The Morgan fingerprint density at radius 2 is 2.26 bits per heavy atom. The number of aryl methyl sites for hydroxylation is 1. The van der Waals surface area contributed by atoms with E-state index in [-0.39, 0.29) is 5.91 Å². The highest BCUT2D eigenvalue weighted by Crippen LogP contribution is 2.22. The van der Waals surface area contributed by atoms with Gasteiger partial charge >= 0.3 is 0 Å². The molecule has 0 aliphatic rings. The van der Waals surface area contributed by atoms with Crippen molar-refractivity contribution in [3.05, 3.63) is 51.9 Å². The number of benzene rings is 1. The van der Waals surface area contributed by atoms with Gasteiger partial charge in [-0.05, 0) is 24.3 Å². The second-order valence-electron chi connectivity index (χ2n) is 3.87. The topological polar surface area (TPSA) is 66.0 Å². The Morgan fingerprint density at radius 1 is 1.47 bits per heavy atom. The largest absolute Gasteiger partial charge is 0.469 e. The van der Waals surface area contributed by atoms with Crippen molar-refractivity contribution in [3.8, 4) is 6.07 Å². The first-order valence-electron chi connectivity index (χ1n) is 5.73. The molecule has 0 spiro atoms. The number of hydrogen-bond donors (Lipinski definition) is 1. The molecule has 4 nitrogen and oxygen atoms in total. The summed E-state index contributed by atoms with van der Waals surface area (Å²) < 4.78 is 6.01. The lowest BCUT2D eigenvalue weighted by molar-refractivity contribution is 0.102. The molecule has 0 unspecified atom stereocenters. The summed E-state index contributed by atoms with van der Waals surface area (Å²) in [5, 5.41) is 11.7. The second kappa shape index (κ2) is 5.72. The first kappa shape index (κ1) is 13.4. The summed E-state index contributed by atoms with van der Waals surface area (Å²) in [7, 11) is 0. The molecule has 19 heavy (non-hydrogen) atoms. The molecule has 1 aromatic carbocycles. The fourth-order valence-corrected chi connectivity index (χ4v) is 2.08. The second-order valence-corrected chi connectivity index (χ2v) is 4.78. The minimum atomic E-state index is -0.278. The van der Waals surface area contributed by atoms with Crippen LogP contribution in [0.5, 0.6) is 0 Å². The Balaban J connectivity index is 2.29. The summed E-state index contributed by atoms with van der Waals surface area (Å²) in [6.45, 7) is 1.91. The van der Waals surface area contributed by atoms with Gasteiger partial charge in [-0.1, -0.05) is 22.9 Å². The quantitative estimate of drug-likeness (QED) is 0.937. The minimum Gasteiger partial charge on any atom is -0.469 e. The number of carbonyl (C=O) groups is 1. The molecule has 0 saturated heterocycles. The van der Waals surface area contributed by atoms with Crippen LogP contribution in [0.15, 0.2) is 39.4 Å². The molecule has 0 atom stereocenters. The smallest absolute Gasteiger partial charge is 0.259 e.